The van der Waals surface area contributed by atoms with Gasteiger partial charge in [-0.15, -0.1) is 0 Å². The quantitative estimate of drug-likeness (QED) is 0.703. The molecule has 1 aliphatic rings. The average Bonchev–Trinajstić information content (AvgIpc) is 2.96. The third-order valence-electron chi connectivity index (χ3n) is 4.15. The van der Waals surface area contributed by atoms with Crippen LogP contribution < -0.4 is 9.80 Å². The monoisotopic (exact) mass is 380 g/mol. The predicted molar refractivity (Wildman–Crippen MR) is 104 cm³/mol. The van der Waals surface area contributed by atoms with Gasteiger partial charge in [-0.1, -0.05) is 23.2 Å². The van der Waals surface area contributed by atoms with E-state index in [-0.39, 0.29) is 12.5 Å². The summed E-state index contributed by atoms with van der Waals surface area (Å²) in [6.07, 6.45) is -0.413. The van der Waals surface area contributed by atoms with Gasteiger partial charge in [0.05, 0.1) is 6.67 Å². The Morgan fingerprint density at radius 3 is 1.44 bits per heavy atom. The summed E-state index contributed by atoms with van der Waals surface area (Å²) < 4.78 is 12.1. The molecular formula is C19H22Cl2N2O2. The van der Waals surface area contributed by atoms with Crippen LogP contribution in [0.5, 0.6) is 0 Å². The van der Waals surface area contributed by atoms with Crippen LogP contribution in [0.4, 0.5) is 11.4 Å². The first-order valence-corrected chi connectivity index (χ1v) is 9.17. The van der Waals surface area contributed by atoms with Crippen molar-refractivity contribution in [3.05, 3.63) is 58.6 Å². The van der Waals surface area contributed by atoms with Crippen molar-refractivity contribution in [2.75, 3.05) is 29.7 Å². The molecule has 3 rings (SSSR count). The summed E-state index contributed by atoms with van der Waals surface area (Å²) in [7, 11) is 0. The molecule has 0 aliphatic carbocycles. The highest BCUT2D eigenvalue weighted by molar-refractivity contribution is 6.30. The Hall–Kier alpha value is -1.46. The average molecular weight is 381 g/mol. The number of rotatable bonds is 6. The number of hydrogen-bond donors (Lipinski definition) is 0. The first-order chi connectivity index (χ1) is 12.1. The van der Waals surface area contributed by atoms with Crippen molar-refractivity contribution in [1.82, 2.24) is 0 Å². The van der Waals surface area contributed by atoms with Crippen LogP contribution in [0.3, 0.4) is 0 Å². The SMILES string of the molecule is CCO[C@@H]1[C@@H](OCC)N(c2ccc(Cl)cc2)CN1c1ccc(Cl)cc1. The Morgan fingerprint density at radius 1 is 0.760 bits per heavy atom. The summed E-state index contributed by atoms with van der Waals surface area (Å²) >= 11 is 12.1. The second-order valence-corrected chi connectivity index (χ2v) is 6.60. The third-order valence-corrected chi connectivity index (χ3v) is 4.66. The van der Waals surface area contributed by atoms with Gasteiger partial charge in [-0.2, -0.15) is 0 Å². The number of ether oxygens (including phenoxy) is 2. The second kappa shape index (κ2) is 8.28. The van der Waals surface area contributed by atoms with E-state index in [9.17, 15) is 0 Å². The fourth-order valence-electron chi connectivity index (χ4n) is 3.04. The van der Waals surface area contributed by atoms with Crippen molar-refractivity contribution in [3.63, 3.8) is 0 Å². The lowest BCUT2D eigenvalue weighted by Gasteiger charge is -2.28. The molecule has 1 fully saturated rings. The van der Waals surface area contributed by atoms with E-state index in [0.717, 1.165) is 11.4 Å². The van der Waals surface area contributed by atoms with E-state index < -0.39 is 0 Å². The zero-order chi connectivity index (χ0) is 17.8. The summed E-state index contributed by atoms with van der Waals surface area (Å²) in [5, 5.41) is 1.43. The summed E-state index contributed by atoms with van der Waals surface area (Å²) in [6, 6.07) is 15.6. The topological polar surface area (TPSA) is 24.9 Å². The first-order valence-electron chi connectivity index (χ1n) is 8.41. The van der Waals surface area contributed by atoms with Crippen LogP contribution in [0, 0.1) is 0 Å². The second-order valence-electron chi connectivity index (χ2n) is 5.73. The smallest absolute Gasteiger partial charge is 0.176 e. The van der Waals surface area contributed by atoms with E-state index in [2.05, 4.69) is 9.80 Å². The molecule has 4 nitrogen and oxygen atoms in total. The fraction of sp³-hybridized carbons (Fsp3) is 0.368. The van der Waals surface area contributed by atoms with Crippen LogP contribution in [0.2, 0.25) is 10.0 Å². The van der Waals surface area contributed by atoms with Gasteiger partial charge in [0.2, 0.25) is 0 Å². The Kier molecular flexibility index (Phi) is 6.07. The van der Waals surface area contributed by atoms with Crippen molar-refractivity contribution in [2.45, 2.75) is 26.3 Å². The van der Waals surface area contributed by atoms with Crippen LogP contribution in [-0.4, -0.2) is 32.3 Å². The molecule has 25 heavy (non-hydrogen) atoms. The largest absolute Gasteiger partial charge is 0.354 e. The lowest BCUT2D eigenvalue weighted by Crippen LogP contribution is -2.41. The van der Waals surface area contributed by atoms with Gasteiger partial charge in [0.25, 0.3) is 0 Å². The molecule has 2 atom stereocenters. The zero-order valence-corrected chi connectivity index (χ0v) is 15.9. The normalized spacial score (nSPS) is 20.3. The number of anilines is 2. The van der Waals surface area contributed by atoms with Crippen molar-refractivity contribution in [3.8, 4) is 0 Å². The van der Waals surface area contributed by atoms with Crippen LogP contribution in [0.25, 0.3) is 0 Å². The molecule has 0 saturated carbocycles. The molecule has 0 bridgehead atoms. The van der Waals surface area contributed by atoms with Crippen molar-refractivity contribution >= 4 is 34.6 Å². The maximum Gasteiger partial charge on any atom is 0.176 e. The molecule has 0 N–H and O–H groups in total. The zero-order valence-electron chi connectivity index (χ0n) is 14.4. The Bertz CT molecular complexity index is 619. The molecule has 1 saturated heterocycles. The molecule has 0 unspecified atom stereocenters. The van der Waals surface area contributed by atoms with Gasteiger partial charge in [-0.25, -0.2) is 0 Å². The van der Waals surface area contributed by atoms with Gasteiger partial charge < -0.3 is 19.3 Å². The highest BCUT2D eigenvalue weighted by Crippen LogP contribution is 2.33. The number of hydrogen-bond acceptors (Lipinski definition) is 4. The van der Waals surface area contributed by atoms with E-state index in [0.29, 0.717) is 29.9 Å². The molecule has 0 radical (unpaired) electrons. The fourth-order valence-corrected chi connectivity index (χ4v) is 3.29. The molecule has 2 aromatic carbocycles. The Balaban J connectivity index is 1.95. The van der Waals surface area contributed by atoms with Gasteiger partial charge in [-0.3, -0.25) is 0 Å². The lowest BCUT2D eigenvalue weighted by atomic mass is 10.3. The van der Waals surface area contributed by atoms with Gasteiger partial charge in [0.1, 0.15) is 0 Å². The van der Waals surface area contributed by atoms with Crippen LogP contribution in [0.1, 0.15) is 13.8 Å². The van der Waals surface area contributed by atoms with Crippen LogP contribution in [0.15, 0.2) is 48.5 Å². The van der Waals surface area contributed by atoms with Gasteiger partial charge in [0, 0.05) is 34.6 Å². The van der Waals surface area contributed by atoms with Gasteiger partial charge >= 0.3 is 0 Å². The van der Waals surface area contributed by atoms with E-state index in [1.165, 1.54) is 0 Å². The molecular weight excluding hydrogens is 359 g/mol. The molecule has 6 heteroatoms. The highest BCUT2D eigenvalue weighted by Gasteiger charge is 2.41. The number of halogens is 2. The first kappa shape index (κ1) is 18.3. The summed E-state index contributed by atoms with van der Waals surface area (Å²) in [5.74, 6) is 0. The lowest BCUT2D eigenvalue weighted by molar-refractivity contribution is -0.0469. The molecule has 1 aliphatic heterocycles. The summed E-state index contributed by atoms with van der Waals surface area (Å²) in [6.45, 7) is 5.85. The Morgan fingerprint density at radius 2 is 1.12 bits per heavy atom. The maximum atomic E-state index is 6.04. The number of nitrogens with zero attached hydrogens (tertiary/aromatic N) is 2. The summed E-state index contributed by atoms with van der Waals surface area (Å²) in [4.78, 5) is 4.38. The van der Waals surface area contributed by atoms with Crippen molar-refractivity contribution in [1.29, 1.82) is 0 Å². The molecule has 0 spiro atoms. The molecule has 134 valence electrons. The van der Waals surface area contributed by atoms with Crippen molar-refractivity contribution in [2.24, 2.45) is 0 Å². The summed E-state index contributed by atoms with van der Waals surface area (Å²) in [5.41, 5.74) is 2.09. The maximum absolute atomic E-state index is 6.04. The van der Waals surface area contributed by atoms with E-state index in [4.69, 9.17) is 32.7 Å². The van der Waals surface area contributed by atoms with Crippen LogP contribution >= 0.6 is 23.2 Å². The predicted octanol–water partition coefficient (Wildman–Crippen LogP) is 5.00. The molecule has 2 aromatic rings. The van der Waals surface area contributed by atoms with E-state index >= 15 is 0 Å². The highest BCUT2D eigenvalue weighted by atomic mass is 35.5. The minimum Gasteiger partial charge on any atom is -0.354 e. The van der Waals surface area contributed by atoms with Crippen LogP contribution in [-0.2, 0) is 9.47 Å². The molecule has 1 heterocycles. The number of benzene rings is 2. The minimum atomic E-state index is -0.207. The van der Waals surface area contributed by atoms with Gasteiger partial charge in [-0.05, 0) is 62.4 Å². The van der Waals surface area contributed by atoms with Gasteiger partial charge in [0.15, 0.2) is 12.5 Å². The Labute approximate surface area is 158 Å². The van der Waals surface area contributed by atoms with E-state index in [1.807, 2.05) is 62.4 Å². The third kappa shape index (κ3) is 4.04. The molecule has 0 aromatic heterocycles. The molecule has 0 amide bonds. The standard InChI is InChI=1S/C19H22Cl2N2O2/c1-3-24-18-19(25-4-2)23(17-11-7-15(21)8-12-17)13-22(18)16-9-5-14(20)6-10-16/h5-12,18-19H,3-4,13H2,1-2H3/t18-,19-/m1/s1. The van der Waals surface area contributed by atoms with Crippen molar-refractivity contribution < 1.29 is 9.47 Å². The minimum absolute atomic E-state index is 0.207. The van der Waals surface area contributed by atoms with E-state index in [1.54, 1.807) is 0 Å².